The van der Waals surface area contributed by atoms with Gasteiger partial charge in [-0.25, -0.2) is 0 Å². The van der Waals surface area contributed by atoms with Gasteiger partial charge in [0, 0.05) is 0 Å². The van der Waals surface area contributed by atoms with E-state index in [2.05, 4.69) is 45.0 Å². The summed E-state index contributed by atoms with van der Waals surface area (Å²) in [5.41, 5.74) is 1.71. The molecule has 0 radical (unpaired) electrons. The van der Waals surface area contributed by atoms with E-state index in [0.29, 0.717) is 5.92 Å². The van der Waals surface area contributed by atoms with E-state index in [1.54, 1.807) is 0 Å². The maximum atomic E-state index is 10.3. The van der Waals surface area contributed by atoms with E-state index >= 15 is 0 Å². The number of hydrogen-bond acceptors (Lipinski definition) is 1. The summed E-state index contributed by atoms with van der Waals surface area (Å²) in [6.07, 6.45) is 2.97. The molecule has 0 bridgehead atoms. The molecule has 90 valence electrons. The monoisotopic (exact) mass is 220 g/mol. The fourth-order valence-corrected chi connectivity index (χ4v) is 2.04. The standard InChI is InChI=1S/C15H24O/c1-5-11-15(4,16)14-9-7-13(8-10-14)12(3)6-2/h7-10,12,16H,5-6,11H2,1-4H3. The van der Waals surface area contributed by atoms with Crippen LogP contribution in [-0.4, -0.2) is 5.11 Å². The molecule has 2 atom stereocenters. The van der Waals surface area contributed by atoms with Gasteiger partial charge in [-0.15, -0.1) is 0 Å². The van der Waals surface area contributed by atoms with E-state index in [4.69, 9.17) is 0 Å². The Balaban J connectivity index is 2.86. The fraction of sp³-hybridized carbons (Fsp3) is 0.600. The SMILES string of the molecule is CCCC(C)(O)c1ccc(C(C)CC)cc1. The van der Waals surface area contributed by atoms with E-state index in [1.807, 2.05) is 6.92 Å². The van der Waals surface area contributed by atoms with E-state index in [0.717, 1.165) is 24.8 Å². The minimum absolute atomic E-state index is 0.602. The molecule has 0 aliphatic carbocycles. The van der Waals surface area contributed by atoms with Crippen molar-refractivity contribution in [2.75, 3.05) is 0 Å². The third kappa shape index (κ3) is 3.08. The van der Waals surface area contributed by atoms with Gasteiger partial charge in [0.05, 0.1) is 5.60 Å². The Labute approximate surface area is 99.5 Å². The molecule has 0 aliphatic heterocycles. The Morgan fingerprint density at radius 3 is 2.19 bits per heavy atom. The van der Waals surface area contributed by atoms with Crippen molar-refractivity contribution < 1.29 is 5.11 Å². The van der Waals surface area contributed by atoms with Gasteiger partial charge >= 0.3 is 0 Å². The van der Waals surface area contributed by atoms with Crippen LogP contribution in [0, 0.1) is 0 Å². The van der Waals surface area contributed by atoms with Crippen molar-refractivity contribution in [3.05, 3.63) is 35.4 Å². The highest BCUT2D eigenvalue weighted by Gasteiger charge is 2.21. The molecule has 0 aliphatic rings. The van der Waals surface area contributed by atoms with Gasteiger partial charge in [-0.3, -0.25) is 0 Å². The molecule has 16 heavy (non-hydrogen) atoms. The fourth-order valence-electron chi connectivity index (χ4n) is 2.04. The first-order chi connectivity index (χ1) is 7.51. The highest BCUT2D eigenvalue weighted by atomic mass is 16.3. The van der Waals surface area contributed by atoms with Crippen LogP contribution in [0.3, 0.4) is 0 Å². The molecule has 1 nitrogen and oxygen atoms in total. The zero-order chi connectivity index (χ0) is 12.2. The lowest BCUT2D eigenvalue weighted by Gasteiger charge is -2.23. The minimum Gasteiger partial charge on any atom is -0.385 e. The molecule has 1 rings (SSSR count). The lowest BCUT2D eigenvalue weighted by molar-refractivity contribution is 0.0469. The summed E-state index contributed by atoms with van der Waals surface area (Å²) in [4.78, 5) is 0. The van der Waals surface area contributed by atoms with E-state index in [-0.39, 0.29) is 0 Å². The van der Waals surface area contributed by atoms with Gasteiger partial charge < -0.3 is 5.11 Å². The first kappa shape index (κ1) is 13.2. The third-order valence-electron chi connectivity index (χ3n) is 3.45. The second-order valence-corrected chi connectivity index (χ2v) is 4.96. The summed E-state index contributed by atoms with van der Waals surface area (Å²) in [7, 11) is 0. The van der Waals surface area contributed by atoms with E-state index in [1.165, 1.54) is 5.56 Å². The molecule has 1 aromatic rings. The van der Waals surface area contributed by atoms with Crippen LogP contribution < -0.4 is 0 Å². The highest BCUT2D eigenvalue weighted by Crippen LogP contribution is 2.27. The van der Waals surface area contributed by atoms with Crippen molar-refractivity contribution in [1.29, 1.82) is 0 Å². The van der Waals surface area contributed by atoms with Gasteiger partial charge in [-0.2, -0.15) is 0 Å². The molecule has 0 aromatic heterocycles. The van der Waals surface area contributed by atoms with Crippen molar-refractivity contribution in [3.63, 3.8) is 0 Å². The van der Waals surface area contributed by atoms with Crippen LogP contribution in [0.15, 0.2) is 24.3 Å². The average molecular weight is 220 g/mol. The van der Waals surface area contributed by atoms with Crippen LogP contribution in [-0.2, 0) is 5.60 Å². The minimum atomic E-state index is -0.678. The first-order valence-corrected chi connectivity index (χ1v) is 6.34. The number of benzene rings is 1. The van der Waals surface area contributed by atoms with Crippen molar-refractivity contribution in [2.24, 2.45) is 0 Å². The van der Waals surface area contributed by atoms with Gasteiger partial charge in [0.25, 0.3) is 0 Å². The molecule has 1 aromatic carbocycles. The molecule has 0 spiro atoms. The van der Waals surface area contributed by atoms with Gasteiger partial charge in [0.15, 0.2) is 0 Å². The topological polar surface area (TPSA) is 20.2 Å². The van der Waals surface area contributed by atoms with Crippen LogP contribution in [0.2, 0.25) is 0 Å². The number of aliphatic hydroxyl groups is 1. The van der Waals surface area contributed by atoms with Gasteiger partial charge in [0.2, 0.25) is 0 Å². The van der Waals surface area contributed by atoms with Crippen molar-refractivity contribution in [3.8, 4) is 0 Å². The molecule has 0 saturated carbocycles. The van der Waals surface area contributed by atoms with E-state index in [9.17, 15) is 5.11 Å². The Kier molecular flexibility index (Phi) is 4.55. The highest BCUT2D eigenvalue weighted by molar-refractivity contribution is 5.28. The third-order valence-corrected chi connectivity index (χ3v) is 3.45. The van der Waals surface area contributed by atoms with Crippen LogP contribution in [0.1, 0.15) is 64.0 Å². The van der Waals surface area contributed by atoms with Crippen LogP contribution >= 0.6 is 0 Å². The van der Waals surface area contributed by atoms with Gasteiger partial charge in [-0.05, 0) is 36.8 Å². The normalized spacial score (nSPS) is 16.8. The summed E-state index contributed by atoms with van der Waals surface area (Å²) < 4.78 is 0. The van der Waals surface area contributed by atoms with Gasteiger partial charge in [-0.1, -0.05) is 51.5 Å². The molecule has 2 unspecified atom stereocenters. The number of hydrogen-bond donors (Lipinski definition) is 1. The lowest BCUT2D eigenvalue weighted by Crippen LogP contribution is -2.20. The van der Waals surface area contributed by atoms with Crippen molar-refractivity contribution in [1.82, 2.24) is 0 Å². The molecule has 0 heterocycles. The van der Waals surface area contributed by atoms with Crippen LogP contribution in [0.5, 0.6) is 0 Å². The molecule has 0 amide bonds. The zero-order valence-electron chi connectivity index (χ0n) is 11.0. The van der Waals surface area contributed by atoms with Crippen molar-refractivity contribution in [2.45, 2.75) is 58.5 Å². The predicted octanol–water partition coefficient (Wildman–Crippen LogP) is 4.21. The molecular weight excluding hydrogens is 196 g/mol. The maximum absolute atomic E-state index is 10.3. The van der Waals surface area contributed by atoms with Gasteiger partial charge in [0.1, 0.15) is 0 Å². The molecule has 1 heteroatoms. The Bertz CT molecular complexity index is 311. The molecular formula is C15H24O. The largest absolute Gasteiger partial charge is 0.385 e. The molecule has 0 saturated heterocycles. The smallest absolute Gasteiger partial charge is 0.0868 e. The zero-order valence-corrected chi connectivity index (χ0v) is 11.0. The van der Waals surface area contributed by atoms with Crippen LogP contribution in [0.4, 0.5) is 0 Å². The average Bonchev–Trinajstić information content (AvgIpc) is 2.28. The Morgan fingerprint density at radius 1 is 1.19 bits per heavy atom. The summed E-state index contributed by atoms with van der Waals surface area (Å²) >= 11 is 0. The summed E-state index contributed by atoms with van der Waals surface area (Å²) in [5, 5.41) is 10.3. The Hall–Kier alpha value is -0.820. The first-order valence-electron chi connectivity index (χ1n) is 6.34. The Morgan fingerprint density at radius 2 is 1.75 bits per heavy atom. The summed E-state index contributed by atoms with van der Waals surface area (Å²) in [6, 6.07) is 8.43. The second-order valence-electron chi connectivity index (χ2n) is 4.96. The predicted molar refractivity (Wildman–Crippen MR) is 69.6 cm³/mol. The number of rotatable bonds is 5. The maximum Gasteiger partial charge on any atom is 0.0868 e. The van der Waals surface area contributed by atoms with Crippen molar-refractivity contribution >= 4 is 0 Å². The molecule has 1 N–H and O–H groups in total. The quantitative estimate of drug-likeness (QED) is 0.788. The summed E-state index contributed by atoms with van der Waals surface area (Å²) in [5.74, 6) is 0.602. The second kappa shape index (κ2) is 5.49. The van der Waals surface area contributed by atoms with E-state index < -0.39 is 5.60 Å². The molecule has 0 fully saturated rings. The summed E-state index contributed by atoms with van der Waals surface area (Å²) in [6.45, 7) is 8.43. The lowest BCUT2D eigenvalue weighted by atomic mass is 9.89. The van der Waals surface area contributed by atoms with Crippen LogP contribution in [0.25, 0.3) is 0 Å².